The summed E-state index contributed by atoms with van der Waals surface area (Å²) in [7, 11) is 0. The van der Waals surface area contributed by atoms with Gasteiger partial charge in [0, 0.05) is 6.07 Å². The van der Waals surface area contributed by atoms with Gasteiger partial charge in [0.05, 0.1) is 17.4 Å². The van der Waals surface area contributed by atoms with Crippen LogP contribution >= 0.6 is 0 Å². The van der Waals surface area contributed by atoms with Gasteiger partial charge in [0.2, 0.25) is 6.79 Å². The van der Waals surface area contributed by atoms with Crippen LogP contribution in [0.15, 0.2) is 24.4 Å². The smallest absolute Gasteiger partial charge is 0.231 e. The second kappa shape index (κ2) is 3.71. The number of rotatable bonds is 2. The van der Waals surface area contributed by atoms with Crippen LogP contribution in [0.3, 0.4) is 0 Å². The lowest BCUT2D eigenvalue weighted by Gasteiger charge is -2.13. The third-order valence-electron chi connectivity index (χ3n) is 2.77. The van der Waals surface area contributed by atoms with Crippen LogP contribution in [0.25, 0.3) is 5.69 Å². The first kappa shape index (κ1) is 11.0. The molecule has 18 heavy (non-hydrogen) atoms. The Bertz CT molecular complexity index is 586. The van der Waals surface area contributed by atoms with E-state index in [2.05, 4.69) is 10.3 Å². The molecule has 94 valence electrons. The molecule has 2 N–H and O–H groups in total. The molecule has 0 bridgehead atoms. The van der Waals surface area contributed by atoms with Crippen molar-refractivity contribution >= 4 is 0 Å². The minimum absolute atomic E-state index is 0.261. The third-order valence-corrected chi connectivity index (χ3v) is 2.77. The number of nitrogens with zero attached hydrogens (tertiary/aromatic N) is 3. The highest BCUT2D eigenvalue weighted by Crippen LogP contribution is 2.33. The fraction of sp³-hybridized carbons (Fsp3) is 0.333. The van der Waals surface area contributed by atoms with Crippen molar-refractivity contribution in [3.05, 3.63) is 30.1 Å². The van der Waals surface area contributed by atoms with Crippen LogP contribution in [-0.4, -0.2) is 21.8 Å². The maximum Gasteiger partial charge on any atom is 0.231 e. The first-order valence-corrected chi connectivity index (χ1v) is 5.66. The van der Waals surface area contributed by atoms with E-state index in [1.165, 1.54) is 0 Å². The van der Waals surface area contributed by atoms with Crippen molar-refractivity contribution in [3.8, 4) is 17.2 Å². The largest absolute Gasteiger partial charge is 0.454 e. The van der Waals surface area contributed by atoms with Crippen molar-refractivity contribution in [1.29, 1.82) is 0 Å². The Morgan fingerprint density at radius 3 is 2.78 bits per heavy atom. The molecule has 0 spiro atoms. The molecule has 1 aromatic carbocycles. The SMILES string of the molecule is CC(C)(N)c1cn(-c2ccc3c(c2)OCO3)nn1. The van der Waals surface area contributed by atoms with Gasteiger partial charge in [0.15, 0.2) is 11.5 Å². The predicted octanol–water partition coefficient (Wildman–Crippen LogP) is 1.19. The van der Waals surface area contributed by atoms with Crippen LogP contribution in [-0.2, 0) is 5.54 Å². The maximum absolute atomic E-state index is 5.98. The molecule has 0 fully saturated rings. The summed E-state index contributed by atoms with van der Waals surface area (Å²) in [5, 5.41) is 8.14. The molecule has 1 aliphatic rings. The van der Waals surface area contributed by atoms with E-state index < -0.39 is 5.54 Å². The van der Waals surface area contributed by atoms with Gasteiger partial charge in [-0.15, -0.1) is 5.10 Å². The Morgan fingerprint density at radius 1 is 1.28 bits per heavy atom. The summed E-state index contributed by atoms with van der Waals surface area (Å²) in [4.78, 5) is 0. The number of nitrogens with two attached hydrogens (primary N) is 1. The lowest BCUT2D eigenvalue weighted by atomic mass is 10.0. The molecule has 6 nitrogen and oxygen atoms in total. The standard InChI is InChI=1S/C12H14N4O2/c1-12(2,13)11-6-16(15-14-11)8-3-4-9-10(5-8)18-7-17-9/h3-6H,7,13H2,1-2H3. The van der Waals surface area contributed by atoms with Crippen molar-refractivity contribution in [3.63, 3.8) is 0 Å². The highest BCUT2D eigenvalue weighted by molar-refractivity contribution is 5.49. The molecule has 0 unspecified atom stereocenters. The Kier molecular flexibility index (Phi) is 2.27. The van der Waals surface area contributed by atoms with Gasteiger partial charge in [0.1, 0.15) is 5.69 Å². The molecule has 2 aromatic rings. The van der Waals surface area contributed by atoms with Gasteiger partial charge in [-0.1, -0.05) is 5.21 Å². The third kappa shape index (κ3) is 1.80. The molecule has 1 aromatic heterocycles. The quantitative estimate of drug-likeness (QED) is 0.861. The molecule has 0 saturated heterocycles. The minimum Gasteiger partial charge on any atom is -0.454 e. The van der Waals surface area contributed by atoms with E-state index in [4.69, 9.17) is 15.2 Å². The van der Waals surface area contributed by atoms with Gasteiger partial charge in [-0.05, 0) is 26.0 Å². The van der Waals surface area contributed by atoms with E-state index in [-0.39, 0.29) is 6.79 Å². The molecule has 6 heteroatoms. The number of fused-ring (bicyclic) bond motifs is 1. The van der Waals surface area contributed by atoms with E-state index >= 15 is 0 Å². The van der Waals surface area contributed by atoms with Crippen LogP contribution in [0, 0.1) is 0 Å². The highest BCUT2D eigenvalue weighted by atomic mass is 16.7. The lowest BCUT2D eigenvalue weighted by Crippen LogP contribution is -2.29. The van der Waals surface area contributed by atoms with Crippen LogP contribution in [0.4, 0.5) is 0 Å². The molecular weight excluding hydrogens is 232 g/mol. The molecule has 0 atom stereocenters. The number of hydrogen-bond donors (Lipinski definition) is 1. The van der Waals surface area contributed by atoms with Crippen molar-refractivity contribution in [2.24, 2.45) is 5.73 Å². The normalized spacial score (nSPS) is 13.9. The van der Waals surface area contributed by atoms with E-state index in [9.17, 15) is 0 Å². The average molecular weight is 246 g/mol. The second-order valence-electron chi connectivity index (χ2n) is 4.81. The summed E-state index contributed by atoms with van der Waals surface area (Å²) in [5.74, 6) is 1.47. The topological polar surface area (TPSA) is 75.2 Å². The van der Waals surface area contributed by atoms with Crippen molar-refractivity contribution in [2.75, 3.05) is 6.79 Å². The predicted molar refractivity (Wildman–Crippen MR) is 64.7 cm³/mol. The number of benzene rings is 1. The summed E-state index contributed by atoms with van der Waals surface area (Å²) in [6.07, 6.45) is 1.82. The number of aromatic nitrogens is 3. The van der Waals surface area contributed by atoms with Gasteiger partial charge >= 0.3 is 0 Å². The molecule has 0 saturated carbocycles. The zero-order chi connectivity index (χ0) is 12.8. The number of hydrogen-bond acceptors (Lipinski definition) is 5. The van der Waals surface area contributed by atoms with Gasteiger partial charge in [-0.2, -0.15) is 0 Å². The maximum atomic E-state index is 5.98. The van der Waals surface area contributed by atoms with Gasteiger partial charge in [-0.3, -0.25) is 0 Å². The molecule has 0 aliphatic carbocycles. The second-order valence-corrected chi connectivity index (χ2v) is 4.81. The monoisotopic (exact) mass is 246 g/mol. The zero-order valence-electron chi connectivity index (χ0n) is 10.3. The Labute approximate surface area is 104 Å². The first-order chi connectivity index (χ1) is 8.54. The van der Waals surface area contributed by atoms with Crippen molar-refractivity contribution in [2.45, 2.75) is 19.4 Å². The zero-order valence-corrected chi connectivity index (χ0v) is 10.3. The Balaban J connectivity index is 1.98. The molecule has 0 radical (unpaired) electrons. The molecular formula is C12H14N4O2. The minimum atomic E-state index is -0.505. The van der Waals surface area contributed by atoms with Gasteiger partial charge in [-0.25, -0.2) is 4.68 Å². The van der Waals surface area contributed by atoms with Crippen LogP contribution in [0.1, 0.15) is 19.5 Å². The molecule has 0 amide bonds. The van der Waals surface area contributed by atoms with E-state index in [0.29, 0.717) is 0 Å². The summed E-state index contributed by atoms with van der Waals surface area (Å²) in [5.41, 5.74) is 7.07. The highest BCUT2D eigenvalue weighted by Gasteiger charge is 2.19. The first-order valence-electron chi connectivity index (χ1n) is 5.66. The van der Waals surface area contributed by atoms with E-state index in [0.717, 1.165) is 22.9 Å². The lowest BCUT2D eigenvalue weighted by molar-refractivity contribution is 0.174. The Hall–Kier alpha value is -2.08. The summed E-state index contributed by atoms with van der Waals surface area (Å²) in [6.45, 7) is 4.04. The van der Waals surface area contributed by atoms with Crippen LogP contribution in [0.5, 0.6) is 11.5 Å². The molecule has 3 rings (SSSR count). The summed E-state index contributed by atoms with van der Waals surface area (Å²) >= 11 is 0. The molecule has 2 heterocycles. The van der Waals surface area contributed by atoms with Gasteiger partial charge in [0.25, 0.3) is 0 Å². The fourth-order valence-corrected chi connectivity index (χ4v) is 1.71. The Morgan fingerprint density at radius 2 is 2.06 bits per heavy atom. The molecule has 1 aliphatic heterocycles. The van der Waals surface area contributed by atoms with Crippen LogP contribution in [0.2, 0.25) is 0 Å². The van der Waals surface area contributed by atoms with E-state index in [1.807, 2.05) is 38.2 Å². The number of ether oxygens (including phenoxy) is 2. The van der Waals surface area contributed by atoms with Crippen molar-refractivity contribution < 1.29 is 9.47 Å². The average Bonchev–Trinajstić information content (AvgIpc) is 2.96. The van der Waals surface area contributed by atoms with Crippen LogP contribution < -0.4 is 15.2 Å². The van der Waals surface area contributed by atoms with Crippen molar-refractivity contribution in [1.82, 2.24) is 15.0 Å². The summed E-state index contributed by atoms with van der Waals surface area (Å²) < 4.78 is 12.3. The fourth-order valence-electron chi connectivity index (χ4n) is 1.71. The summed E-state index contributed by atoms with van der Waals surface area (Å²) in [6, 6.07) is 5.62. The van der Waals surface area contributed by atoms with E-state index in [1.54, 1.807) is 4.68 Å². The van der Waals surface area contributed by atoms with Gasteiger partial charge < -0.3 is 15.2 Å².